The van der Waals surface area contributed by atoms with Gasteiger partial charge >= 0.3 is 0 Å². The van der Waals surface area contributed by atoms with Crippen molar-refractivity contribution < 1.29 is 4.79 Å². The van der Waals surface area contributed by atoms with Crippen LogP contribution in [0.5, 0.6) is 0 Å². The summed E-state index contributed by atoms with van der Waals surface area (Å²) in [5, 5.41) is 3.36. The monoisotopic (exact) mass is 413 g/mol. The molecule has 7 heteroatoms. The molecule has 4 aromatic rings. The smallest absolute Gasteiger partial charge is 0.267 e. The number of carbonyl (C=O) groups is 1. The summed E-state index contributed by atoms with van der Waals surface area (Å²) < 4.78 is 1.39. The van der Waals surface area contributed by atoms with Crippen LogP contribution in [-0.4, -0.2) is 26.0 Å². The molecular formula is C24H23N5O2. The van der Waals surface area contributed by atoms with E-state index in [0.29, 0.717) is 22.2 Å². The summed E-state index contributed by atoms with van der Waals surface area (Å²) in [6, 6.07) is 16.2. The fourth-order valence-electron chi connectivity index (χ4n) is 3.34. The third-order valence-corrected chi connectivity index (χ3v) is 4.73. The predicted octanol–water partition coefficient (Wildman–Crippen LogP) is 3.56. The molecule has 0 unspecified atom stereocenters. The van der Waals surface area contributed by atoms with E-state index in [0.717, 1.165) is 11.1 Å². The Bertz CT molecular complexity index is 1340. The lowest BCUT2D eigenvalue weighted by Crippen LogP contribution is -2.40. The molecule has 31 heavy (non-hydrogen) atoms. The summed E-state index contributed by atoms with van der Waals surface area (Å²) in [7, 11) is 0. The highest BCUT2D eigenvalue weighted by Gasteiger charge is 2.17. The fourth-order valence-corrected chi connectivity index (χ4v) is 3.34. The number of fused-ring (bicyclic) bond motifs is 1. The number of hydrogen-bond acceptors (Lipinski definition) is 5. The lowest BCUT2D eigenvalue weighted by atomic mass is 10.0. The third-order valence-electron chi connectivity index (χ3n) is 4.73. The van der Waals surface area contributed by atoms with Gasteiger partial charge < -0.3 is 11.1 Å². The van der Waals surface area contributed by atoms with Crippen LogP contribution >= 0.6 is 0 Å². The molecule has 0 aliphatic rings. The SMILES string of the molecule is CC(C)(C)NC(=O)c1cncc(-c2ccc3nc(N)n(-c4ccccc4)c(=O)c3c2)c1. The fraction of sp³-hybridized carbons (Fsp3) is 0.167. The molecule has 0 spiro atoms. The van der Waals surface area contributed by atoms with Crippen molar-refractivity contribution in [2.75, 3.05) is 5.73 Å². The van der Waals surface area contributed by atoms with Crippen molar-refractivity contribution in [2.24, 2.45) is 0 Å². The number of para-hydroxylation sites is 1. The highest BCUT2D eigenvalue weighted by atomic mass is 16.2. The average Bonchev–Trinajstić information content (AvgIpc) is 2.73. The summed E-state index contributed by atoms with van der Waals surface area (Å²) >= 11 is 0. The van der Waals surface area contributed by atoms with E-state index in [1.165, 1.54) is 10.8 Å². The van der Waals surface area contributed by atoms with Gasteiger partial charge in [0.1, 0.15) is 0 Å². The quantitative estimate of drug-likeness (QED) is 0.535. The van der Waals surface area contributed by atoms with Crippen LogP contribution in [0.4, 0.5) is 5.95 Å². The maximum atomic E-state index is 13.2. The number of nitrogens with two attached hydrogens (primary N) is 1. The molecule has 2 heterocycles. The minimum absolute atomic E-state index is 0.124. The topological polar surface area (TPSA) is 103 Å². The van der Waals surface area contributed by atoms with Crippen LogP contribution in [0, 0.1) is 0 Å². The van der Waals surface area contributed by atoms with E-state index in [1.54, 1.807) is 36.5 Å². The highest BCUT2D eigenvalue weighted by molar-refractivity contribution is 5.96. The van der Waals surface area contributed by atoms with Crippen molar-refractivity contribution in [3.05, 3.63) is 82.9 Å². The number of nitrogens with zero attached hydrogens (tertiary/aromatic N) is 3. The van der Waals surface area contributed by atoms with Gasteiger partial charge in [-0.2, -0.15) is 0 Å². The van der Waals surface area contributed by atoms with Crippen LogP contribution < -0.4 is 16.6 Å². The van der Waals surface area contributed by atoms with E-state index in [-0.39, 0.29) is 23.0 Å². The largest absolute Gasteiger partial charge is 0.369 e. The number of nitrogens with one attached hydrogen (secondary N) is 1. The van der Waals surface area contributed by atoms with Crippen LogP contribution in [0.3, 0.4) is 0 Å². The number of rotatable bonds is 3. The molecule has 0 bridgehead atoms. The van der Waals surface area contributed by atoms with E-state index in [2.05, 4.69) is 15.3 Å². The van der Waals surface area contributed by atoms with Gasteiger partial charge in [-0.05, 0) is 56.7 Å². The van der Waals surface area contributed by atoms with Gasteiger partial charge in [0.25, 0.3) is 11.5 Å². The number of benzene rings is 2. The zero-order chi connectivity index (χ0) is 22.2. The van der Waals surface area contributed by atoms with Crippen LogP contribution in [-0.2, 0) is 0 Å². The lowest BCUT2D eigenvalue weighted by Gasteiger charge is -2.20. The van der Waals surface area contributed by atoms with Crippen molar-refractivity contribution in [2.45, 2.75) is 26.3 Å². The van der Waals surface area contributed by atoms with Crippen molar-refractivity contribution in [3.8, 4) is 16.8 Å². The van der Waals surface area contributed by atoms with E-state index in [9.17, 15) is 9.59 Å². The zero-order valence-electron chi connectivity index (χ0n) is 17.6. The number of carbonyl (C=O) groups excluding carboxylic acids is 1. The van der Waals surface area contributed by atoms with Gasteiger partial charge in [0.15, 0.2) is 0 Å². The van der Waals surface area contributed by atoms with E-state index in [1.807, 2.05) is 45.0 Å². The number of aromatic nitrogens is 3. The first-order valence-corrected chi connectivity index (χ1v) is 9.88. The Labute approximate surface area is 179 Å². The molecule has 0 radical (unpaired) electrons. The van der Waals surface area contributed by atoms with E-state index in [4.69, 9.17) is 5.73 Å². The molecule has 4 rings (SSSR count). The van der Waals surface area contributed by atoms with Gasteiger partial charge in [-0.1, -0.05) is 24.3 Å². The van der Waals surface area contributed by atoms with Gasteiger partial charge in [-0.3, -0.25) is 14.6 Å². The number of nitrogen functional groups attached to an aromatic ring is 1. The minimum atomic E-state index is -0.357. The second-order valence-corrected chi connectivity index (χ2v) is 8.34. The van der Waals surface area contributed by atoms with Gasteiger partial charge in [-0.25, -0.2) is 9.55 Å². The summed E-state index contributed by atoms with van der Waals surface area (Å²) in [5.41, 5.74) is 8.54. The van der Waals surface area contributed by atoms with Gasteiger partial charge in [0.2, 0.25) is 5.95 Å². The molecular weight excluding hydrogens is 390 g/mol. The summed E-state index contributed by atoms with van der Waals surface area (Å²) in [6.45, 7) is 5.76. The molecule has 0 aliphatic carbocycles. The maximum Gasteiger partial charge on any atom is 0.267 e. The molecule has 2 aromatic heterocycles. The third kappa shape index (κ3) is 4.16. The van der Waals surface area contributed by atoms with Crippen molar-refractivity contribution in [3.63, 3.8) is 0 Å². The number of anilines is 1. The zero-order valence-corrected chi connectivity index (χ0v) is 17.6. The molecule has 0 saturated heterocycles. The lowest BCUT2D eigenvalue weighted by molar-refractivity contribution is 0.0919. The Hall–Kier alpha value is -4.00. The summed E-state index contributed by atoms with van der Waals surface area (Å²) in [6.07, 6.45) is 3.19. The molecule has 1 amide bonds. The highest BCUT2D eigenvalue weighted by Crippen LogP contribution is 2.24. The first kappa shape index (κ1) is 20.3. The second kappa shape index (κ2) is 7.68. The van der Waals surface area contributed by atoms with Crippen molar-refractivity contribution >= 4 is 22.8 Å². The average molecular weight is 413 g/mol. The maximum absolute atomic E-state index is 13.2. The van der Waals surface area contributed by atoms with Gasteiger partial charge in [0, 0.05) is 23.5 Å². The molecule has 156 valence electrons. The van der Waals surface area contributed by atoms with Crippen LogP contribution in [0.25, 0.3) is 27.7 Å². The second-order valence-electron chi connectivity index (χ2n) is 8.34. The Morgan fingerprint density at radius 2 is 1.74 bits per heavy atom. The Kier molecular flexibility index (Phi) is 5.02. The Morgan fingerprint density at radius 3 is 2.45 bits per heavy atom. The molecule has 0 atom stereocenters. The summed E-state index contributed by atoms with van der Waals surface area (Å²) in [4.78, 5) is 34.4. The Balaban J connectivity index is 1.81. The van der Waals surface area contributed by atoms with Crippen LogP contribution in [0.2, 0.25) is 0 Å². The van der Waals surface area contributed by atoms with Crippen molar-refractivity contribution in [1.82, 2.24) is 19.9 Å². The van der Waals surface area contributed by atoms with Crippen LogP contribution in [0.1, 0.15) is 31.1 Å². The molecule has 0 fully saturated rings. The van der Waals surface area contributed by atoms with Gasteiger partial charge in [-0.15, -0.1) is 0 Å². The number of amides is 1. The number of hydrogen-bond donors (Lipinski definition) is 2. The first-order chi connectivity index (χ1) is 14.7. The van der Waals surface area contributed by atoms with E-state index < -0.39 is 0 Å². The van der Waals surface area contributed by atoms with E-state index >= 15 is 0 Å². The molecule has 7 nitrogen and oxygen atoms in total. The predicted molar refractivity (Wildman–Crippen MR) is 122 cm³/mol. The molecule has 3 N–H and O–H groups in total. The minimum Gasteiger partial charge on any atom is -0.369 e. The molecule has 2 aromatic carbocycles. The van der Waals surface area contributed by atoms with Crippen LogP contribution in [0.15, 0.2) is 71.8 Å². The Morgan fingerprint density at radius 1 is 1.00 bits per heavy atom. The van der Waals surface area contributed by atoms with Gasteiger partial charge in [0.05, 0.1) is 22.2 Å². The summed E-state index contributed by atoms with van der Waals surface area (Å²) in [5.74, 6) is -0.0810. The normalized spacial score (nSPS) is 11.5. The number of pyridine rings is 1. The van der Waals surface area contributed by atoms with Crippen molar-refractivity contribution in [1.29, 1.82) is 0 Å². The molecule has 0 aliphatic heterocycles. The molecule has 0 saturated carbocycles. The first-order valence-electron chi connectivity index (χ1n) is 9.88. The standard InChI is InChI=1S/C24H23N5O2/c1-24(2,3)28-21(30)17-11-16(13-26-14-17)15-9-10-20-19(12-15)22(31)29(23(25)27-20)18-7-5-4-6-8-18/h4-14H,1-3H3,(H2,25,27)(H,28,30).